The average Bonchev–Trinajstić information content (AvgIpc) is 2.49. The molecule has 0 bridgehead atoms. The molecular formula is C14H14BrFN4. The molecule has 2 rings (SSSR count). The van der Waals surface area contributed by atoms with Gasteiger partial charge in [0.1, 0.15) is 6.07 Å². The van der Waals surface area contributed by atoms with Gasteiger partial charge >= 0.3 is 0 Å². The van der Waals surface area contributed by atoms with Gasteiger partial charge in [-0.3, -0.25) is 4.90 Å². The molecule has 6 heteroatoms. The van der Waals surface area contributed by atoms with Gasteiger partial charge < -0.3 is 4.90 Å². The van der Waals surface area contributed by atoms with E-state index in [9.17, 15) is 4.39 Å². The zero-order valence-corrected chi connectivity index (χ0v) is 12.7. The Hall–Kier alpha value is -1.63. The standard InChI is InChI=1S/C14H14BrFN4/c1-10(8-17)19-4-6-20(7-5-19)12-3-2-11(9-18)13(15)14(12)16/h2-3,10H,4-7H2,1H3. The van der Waals surface area contributed by atoms with Crippen LogP contribution in [0.5, 0.6) is 0 Å². The van der Waals surface area contributed by atoms with Crippen LogP contribution >= 0.6 is 15.9 Å². The van der Waals surface area contributed by atoms with Gasteiger partial charge in [0.25, 0.3) is 0 Å². The number of nitriles is 2. The molecule has 1 aromatic rings. The van der Waals surface area contributed by atoms with Crippen molar-refractivity contribution in [3.8, 4) is 12.1 Å². The van der Waals surface area contributed by atoms with Crippen LogP contribution in [0.25, 0.3) is 0 Å². The highest BCUT2D eigenvalue weighted by atomic mass is 79.9. The van der Waals surface area contributed by atoms with Gasteiger partial charge in [0.15, 0.2) is 5.82 Å². The van der Waals surface area contributed by atoms with Gasteiger partial charge in [-0.25, -0.2) is 4.39 Å². The van der Waals surface area contributed by atoms with Gasteiger partial charge in [-0.2, -0.15) is 10.5 Å². The number of piperazine rings is 1. The Morgan fingerprint density at radius 1 is 1.25 bits per heavy atom. The minimum absolute atomic E-state index is 0.116. The maximum absolute atomic E-state index is 14.2. The Balaban J connectivity index is 2.14. The first-order chi connectivity index (χ1) is 9.58. The molecule has 1 heterocycles. The Labute approximate surface area is 126 Å². The molecule has 1 atom stereocenters. The first-order valence-corrected chi connectivity index (χ1v) is 7.14. The van der Waals surface area contributed by atoms with E-state index in [1.54, 1.807) is 12.1 Å². The van der Waals surface area contributed by atoms with Gasteiger partial charge in [0, 0.05) is 26.2 Å². The van der Waals surface area contributed by atoms with Crippen LogP contribution in [0, 0.1) is 28.5 Å². The SMILES string of the molecule is CC(C#N)N1CCN(c2ccc(C#N)c(Br)c2F)CC1. The Morgan fingerprint density at radius 3 is 2.45 bits per heavy atom. The second-order valence-electron chi connectivity index (χ2n) is 4.70. The molecule has 1 fully saturated rings. The van der Waals surface area contributed by atoms with Crippen LogP contribution in [0.4, 0.5) is 10.1 Å². The normalized spacial score (nSPS) is 17.4. The zero-order chi connectivity index (χ0) is 14.7. The Morgan fingerprint density at radius 2 is 1.90 bits per heavy atom. The van der Waals surface area contributed by atoms with Gasteiger partial charge in [0.05, 0.1) is 27.8 Å². The molecule has 0 aromatic heterocycles. The summed E-state index contributed by atoms with van der Waals surface area (Å²) < 4.78 is 14.5. The fourth-order valence-electron chi connectivity index (χ4n) is 2.30. The molecule has 1 unspecified atom stereocenters. The van der Waals surface area contributed by atoms with Crippen LogP contribution in [0.3, 0.4) is 0 Å². The minimum Gasteiger partial charge on any atom is -0.367 e. The number of nitrogens with zero attached hydrogens (tertiary/aromatic N) is 4. The van der Waals surface area contributed by atoms with Crippen molar-refractivity contribution < 1.29 is 4.39 Å². The van der Waals surface area contributed by atoms with Crippen molar-refractivity contribution in [3.05, 3.63) is 28.0 Å². The van der Waals surface area contributed by atoms with Crippen molar-refractivity contribution in [2.45, 2.75) is 13.0 Å². The van der Waals surface area contributed by atoms with E-state index in [-0.39, 0.29) is 10.5 Å². The summed E-state index contributed by atoms with van der Waals surface area (Å²) in [5, 5.41) is 17.8. The maximum atomic E-state index is 14.2. The number of hydrogen-bond donors (Lipinski definition) is 0. The van der Waals surface area contributed by atoms with Crippen LogP contribution < -0.4 is 4.90 Å². The van der Waals surface area contributed by atoms with Gasteiger partial charge in [-0.05, 0) is 35.0 Å². The summed E-state index contributed by atoms with van der Waals surface area (Å²) in [6.07, 6.45) is 0. The molecule has 1 aliphatic heterocycles. The monoisotopic (exact) mass is 336 g/mol. The van der Waals surface area contributed by atoms with Gasteiger partial charge in [0.2, 0.25) is 0 Å². The summed E-state index contributed by atoms with van der Waals surface area (Å²) in [5.41, 5.74) is 0.795. The highest BCUT2D eigenvalue weighted by Gasteiger charge is 2.23. The van der Waals surface area contributed by atoms with E-state index in [2.05, 4.69) is 26.9 Å². The van der Waals surface area contributed by atoms with Crippen molar-refractivity contribution in [1.82, 2.24) is 4.90 Å². The quantitative estimate of drug-likeness (QED) is 0.832. The third-order valence-electron chi connectivity index (χ3n) is 3.57. The molecule has 0 radical (unpaired) electrons. The first-order valence-electron chi connectivity index (χ1n) is 6.35. The van der Waals surface area contributed by atoms with Crippen molar-refractivity contribution in [1.29, 1.82) is 10.5 Å². The average molecular weight is 337 g/mol. The predicted octanol–water partition coefficient (Wildman–Crippen LogP) is 2.49. The predicted molar refractivity (Wildman–Crippen MR) is 77.7 cm³/mol. The summed E-state index contributed by atoms with van der Waals surface area (Å²) in [7, 11) is 0. The molecule has 1 saturated heterocycles. The summed E-state index contributed by atoms with van der Waals surface area (Å²) in [4.78, 5) is 4.02. The number of rotatable bonds is 2. The fraction of sp³-hybridized carbons (Fsp3) is 0.429. The molecule has 0 aliphatic carbocycles. The lowest BCUT2D eigenvalue weighted by Crippen LogP contribution is -2.49. The van der Waals surface area contributed by atoms with Crippen LogP contribution in [0.15, 0.2) is 16.6 Å². The number of halogens is 2. The topological polar surface area (TPSA) is 54.1 Å². The Bertz CT molecular complexity index is 582. The van der Waals surface area contributed by atoms with Crippen molar-refractivity contribution >= 4 is 21.6 Å². The molecule has 104 valence electrons. The molecule has 1 aliphatic rings. The number of anilines is 1. The number of benzene rings is 1. The lowest BCUT2D eigenvalue weighted by Gasteiger charge is -2.37. The lowest BCUT2D eigenvalue weighted by molar-refractivity contribution is 0.231. The van der Waals surface area contributed by atoms with E-state index < -0.39 is 5.82 Å². The molecule has 4 nitrogen and oxygen atoms in total. The molecule has 0 spiro atoms. The smallest absolute Gasteiger partial charge is 0.161 e. The van der Waals surface area contributed by atoms with Crippen LogP contribution in [0.2, 0.25) is 0 Å². The van der Waals surface area contributed by atoms with Crippen LogP contribution in [0.1, 0.15) is 12.5 Å². The van der Waals surface area contributed by atoms with Gasteiger partial charge in [-0.1, -0.05) is 0 Å². The van der Waals surface area contributed by atoms with Crippen molar-refractivity contribution in [2.24, 2.45) is 0 Å². The van der Waals surface area contributed by atoms with Crippen molar-refractivity contribution in [3.63, 3.8) is 0 Å². The summed E-state index contributed by atoms with van der Waals surface area (Å²) in [6.45, 7) is 4.66. The van der Waals surface area contributed by atoms with E-state index in [1.165, 1.54) is 0 Å². The summed E-state index contributed by atoms with van der Waals surface area (Å²) in [6, 6.07) is 7.30. The minimum atomic E-state index is -0.397. The number of hydrogen-bond acceptors (Lipinski definition) is 4. The highest BCUT2D eigenvalue weighted by molar-refractivity contribution is 9.10. The van der Waals surface area contributed by atoms with E-state index in [0.717, 1.165) is 13.1 Å². The van der Waals surface area contributed by atoms with Gasteiger partial charge in [-0.15, -0.1) is 0 Å². The molecule has 0 saturated carbocycles. The second kappa shape index (κ2) is 6.21. The van der Waals surface area contributed by atoms with Crippen molar-refractivity contribution in [2.75, 3.05) is 31.1 Å². The second-order valence-corrected chi connectivity index (χ2v) is 5.49. The summed E-state index contributed by atoms with van der Waals surface area (Å²) in [5.74, 6) is -0.397. The molecule has 0 N–H and O–H groups in total. The molecular weight excluding hydrogens is 323 g/mol. The molecule has 1 aromatic carbocycles. The molecule has 20 heavy (non-hydrogen) atoms. The first kappa shape index (κ1) is 14.8. The fourth-order valence-corrected chi connectivity index (χ4v) is 2.73. The van der Waals surface area contributed by atoms with E-state index in [4.69, 9.17) is 10.5 Å². The van der Waals surface area contributed by atoms with Crippen LogP contribution in [-0.2, 0) is 0 Å². The Kier molecular flexibility index (Phi) is 4.59. The zero-order valence-electron chi connectivity index (χ0n) is 11.1. The lowest BCUT2D eigenvalue weighted by atomic mass is 10.1. The summed E-state index contributed by atoms with van der Waals surface area (Å²) >= 11 is 3.13. The van der Waals surface area contributed by atoms with Crippen LogP contribution in [-0.4, -0.2) is 37.1 Å². The van der Waals surface area contributed by atoms with E-state index in [1.807, 2.05) is 17.9 Å². The third-order valence-corrected chi connectivity index (χ3v) is 4.35. The third kappa shape index (κ3) is 2.77. The van der Waals surface area contributed by atoms with E-state index >= 15 is 0 Å². The van der Waals surface area contributed by atoms with E-state index in [0.29, 0.717) is 24.3 Å². The maximum Gasteiger partial charge on any atom is 0.161 e. The molecule has 0 amide bonds. The highest BCUT2D eigenvalue weighted by Crippen LogP contribution is 2.29. The largest absolute Gasteiger partial charge is 0.367 e.